The summed E-state index contributed by atoms with van der Waals surface area (Å²) in [4.78, 5) is 19.1. The molecular weight excluding hydrogens is 252 g/mol. The molecule has 4 nitrogen and oxygen atoms in total. The average molecular weight is 276 g/mol. The molecule has 1 aliphatic carbocycles. The second-order valence-corrected chi connectivity index (χ2v) is 5.72. The maximum absolute atomic E-state index is 12.9. The monoisotopic (exact) mass is 276 g/mol. The highest BCUT2D eigenvalue weighted by Gasteiger charge is 2.43. The number of ketones is 1. The summed E-state index contributed by atoms with van der Waals surface area (Å²) in [5.41, 5.74) is 0.305. The number of rotatable bonds is 6. The van der Waals surface area contributed by atoms with Gasteiger partial charge in [-0.15, -0.1) is 0 Å². The van der Waals surface area contributed by atoms with Gasteiger partial charge in [0.1, 0.15) is 5.75 Å². The van der Waals surface area contributed by atoms with Gasteiger partial charge in [-0.05, 0) is 39.4 Å². The first-order valence-electron chi connectivity index (χ1n) is 7.40. The van der Waals surface area contributed by atoms with Crippen molar-refractivity contribution in [3.8, 4) is 5.75 Å². The lowest BCUT2D eigenvalue weighted by atomic mass is 9.87. The van der Waals surface area contributed by atoms with Crippen LogP contribution in [-0.2, 0) is 0 Å². The molecule has 0 aromatic carbocycles. The molecule has 2 rings (SSSR count). The second-order valence-electron chi connectivity index (χ2n) is 5.72. The minimum absolute atomic E-state index is 0.175. The molecule has 1 fully saturated rings. The van der Waals surface area contributed by atoms with Gasteiger partial charge in [0.15, 0.2) is 5.78 Å². The van der Waals surface area contributed by atoms with Crippen LogP contribution in [0.25, 0.3) is 0 Å². The first-order chi connectivity index (χ1) is 9.60. The summed E-state index contributed by atoms with van der Waals surface area (Å²) >= 11 is 0. The normalized spacial score (nSPS) is 17.4. The van der Waals surface area contributed by atoms with Crippen LogP contribution in [0, 0.1) is 0 Å². The zero-order chi connectivity index (χ0) is 14.6. The van der Waals surface area contributed by atoms with Crippen molar-refractivity contribution in [1.82, 2.24) is 9.88 Å². The maximum Gasteiger partial charge on any atom is 0.184 e. The summed E-state index contributed by atoms with van der Waals surface area (Å²) in [6, 6.07) is 1.83. The Labute approximate surface area is 121 Å². The Kier molecular flexibility index (Phi) is 4.76. The topological polar surface area (TPSA) is 42.4 Å². The van der Waals surface area contributed by atoms with E-state index < -0.39 is 0 Å². The smallest absolute Gasteiger partial charge is 0.184 e. The summed E-state index contributed by atoms with van der Waals surface area (Å²) < 4.78 is 5.57. The predicted octanol–water partition coefficient (Wildman–Crippen LogP) is 2.93. The van der Waals surface area contributed by atoms with Crippen molar-refractivity contribution in [2.75, 3.05) is 20.7 Å². The lowest BCUT2D eigenvalue weighted by Gasteiger charge is -2.34. The minimum Gasteiger partial charge on any atom is -0.492 e. The third-order valence-corrected chi connectivity index (χ3v) is 4.16. The van der Waals surface area contributed by atoms with Crippen LogP contribution in [0.5, 0.6) is 5.75 Å². The highest BCUT2D eigenvalue weighted by molar-refractivity contribution is 6.03. The van der Waals surface area contributed by atoms with Gasteiger partial charge < -0.3 is 4.74 Å². The fraction of sp³-hybridized carbons (Fsp3) is 0.625. The third kappa shape index (κ3) is 2.85. The molecule has 0 bridgehead atoms. The molecule has 1 heterocycles. The van der Waals surface area contributed by atoms with E-state index in [2.05, 4.69) is 16.8 Å². The molecule has 1 aliphatic rings. The summed E-state index contributed by atoms with van der Waals surface area (Å²) in [6.07, 6.45) is 8.36. The molecule has 1 saturated carbocycles. The SMILES string of the molecule is CCCOc1cncc(C(=O)C2(N(C)C)CCCC2)c1. The summed E-state index contributed by atoms with van der Waals surface area (Å²) in [7, 11) is 3.99. The molecule has 1 aromatic heterocycles. The van der Waals surface area contributed by atoms with Gasteiger partial charge in [0.2, 0.25) is 0 Å². The van der Waals surface area contributed by atoms with Crippen molar-refractivity contribution < 1.29 is 9.53 Å². The lowest BCUT2D eigenvalue weighted by Crippen LogP contribution is -2.48. The highest BCUT2D eigenvalue weighted by Crippen LogP contribution is 2.36. The number of ether oxygens (including phenoxy) is 1. The van der Waals surface area contributed by atoms with Crippen molar-refractivity contribution in [3.63, 3.8) is 0 Å². The number of hydrogen-bond acceptors (Lipinski definition) is 4. The van der Waals surface area contributed by atoms with Gasteiger partial charge in [0.25, 0.3) is 0 Å². The van der Waals surface area contributed by atoms with E-state index in [1.54, 1.807) is 12.4 Å². The minimum atomic E-state index is -0.356. The zero-order valence-electron chi connectivity index (χ0n) is 12.7. The summed E-state index contributed by atoms with van der Waals surface area (Å²) in [6.45, 7) is 2.71. The quantitative estimate of drug-likeness (QED) is 0.749. The molecule has 0 unspecified atom stereocenters. The molecule has 0 amide bonds. The van der Waals surface area contributed by atoms with E-state index in [0.29, 0.717) is 17.9 Å². The van der Waals surface area contributed by atoms with Crippen LogP contribution < -0.4 is 4.74 Å². The molecule has 4 heteroatoms. The zero-order valence-corrected chi connectivity index (χ0v) is 12.7. The first-order valence-corrected chi connectivity index (χ1v) is 7.40. The molecule has 0 spiro atoms. The van der Waals surface area contributed by atoms with Crippen LogP contribution >= 0.6 is 0 Å². The number of aromatic nitrogens is 1. The van der Waals surface area contributed by atoms with E-state index in [-0.39, 0.29) is 11.3 Å². The number of carbonyl (C=O) groups is 1. The molecule has 0 N–H and O–H groups in total. The number of likely N-dealkylation sites (N-methyl/N-ethyl adjacent to an activating group) is 1. The molecule has 0 atom stereocenters. The fourth-order valence-corrected chi connectivity index (χ4v) is 2.95. The van der Waals surface area contributed by atoms with Gasteiger partial charge in [0.05, 0.1) is 18.3 Å². The first kappa shape index (κ1) is 15.0. The van der Waals surface area contributed by atoms with Crippen molar-refractivity contribution in [1.29, 1.82) is 0 Å². The van der Waals surface area contributed by atoms with E-state index in [9.17, 15) is 4.79 Å². The number of nitrogens with zero attached hydrogens (tertiary/aromatic N) is 2. The second kappa shape index (κ2) is 6.35. The van der Waals surface area contributed by atoms with Crippen molar-refractivity contribution in [2.45, 2.75) is 44.6 Å². The van der Waals surface area contributed by atoms with Gasteiger partial charge in [0, 0.05) is 11.8 Å². The van der Waals surface area contributed by atoms with Gasteiger partial charge in [-0.2, -0.15) is 0 Å². The molecule has 20 heavy (non-hydrogen) atoms. The van der Waals surface area contributed by atoms with E-state index in [1.807, 2.05) is 20.2 Å². The molecule has 0 radical (unpaired) electrons. The Bertz CT molecular complexity index is 465. The molecule has 0 saturated heterocycles. The molecule has 0 aliphatic heterocycles. The maximum atomic E-state index is 12.9. The standard InChI is InChI=1S/C16H24N2O2/c1-4-9-20-14-10-13(11-17-12-14)15(19)16(18(2)3)7-5-6-8-16/h10-12H,4-9H2,1-3H3. The van der Waals surface area contributed by atoms with Gasteiger partial charge in [-0.1, -0.05) is 19.8 Å². The number of pyridine rings is 1. The Balaban J connectivity index is 2.23. The van der Waals surface area contributed by atoms with Crippen LogP contribution in [0.4, 0.5) is 0 Å². The summed E-state index contributed by atoms with van der Waals surface area (Å²) in [5, 5.41) is 0. The highest BCUT2D eigenvalue weighted by atomic mass is 16.5. The Morgan fingerprint density at radius 2 is 2.05 bits per heavy atom. The largest absolute Gasteiger partial charge is 0.492 e. The van der Waals surface area contributed by atoms with Gasteiger partial charge in [-0.25, -0.2) is 0 Å². The fourth-order valence-electron chi connectivity index (χ4n) is 2.95. The average Bonchev–Trinajstić information content (AvgIpc) is 2.95. The molecular formula is C16H24N2O2. The van der Waals surface area contributed by atoms with Crippen molar-refractivity contribution >= 4 is 5.78 Å². The molecule has 1 aromatic rings. The van der Waals surface area contributed by atoms with E-state index in [1.165, 1.54) is 0 Å². The van der Waals surface area contributed by atoms with E-state index >= 15 is 0 Å². The Morgan fingerprint density at radius 1 is 1.35 bits per heavy atom. The Morgan fingerprint density at radius 3 is 2.65 bits per heavy atom. The lowest BCUT2D eigenvalue weighted by molar-refractivity contribution is 0.0692. The number of Topliss-reactive ketones (excluding diaryl/α,β-unsaturated/α-hetero) is 1. The van der Waals surface area contributed by atoms with E-state index in [4.69, 9.17) is 4.74 Å². The number of hydrogen-bond donors (Lipinski definition) is 0. The van der Waals surface area contributed by atoms with Crippen LogP contribution in [0.1, 0.15) is 49.4 Å². The van der Waals surface area contributed by atoms with Crippen molar-refractivity contribution in [3.05, 3.63) is 24.0 Å². The van der Waals surface area contributed by atoms with Crippen LogP contribution in [0.3, 0.4) is 0 Å². The Hall–Kier alpha value is -1.42. The summed E-state index contributed by atoms with van der Waals surface area (Å²) in [5.74, 6) is 0.860. The predicted molar refractivity (Wildman–Crippen MR) is 79.2 cm³/mol. The van der Waals surface area contributed by atoms with E-state index in [0.717, 1.165) is 32.1 Å². The number of carbonyl (C=O) groups excluding carboxylic acids is 1. The third-order valence-electron chi connectivity index (χ3n) is 4.16. The molecule has 110 valence electrons. The van der Waals surface area contributed by atoms with Crippen LogP contribution in [0.2, 0.25) is 0 Å². The van der Waals surface area contributed by atoms with Crippen molar-refractivity contribution in [2.24, 2.45) is 0 Å². The van der Waals surface area contributed by atoms with Crippen LogP contribution in [0.15, 0.2) is 18.5 Å². The van der Waals surface area contributed by atoms with Gasteiger partial charge >= 0.3 is 0 Å². The van der Waals surface area contributed by atoms with Gasteiger partial charge in [-0.3, -0.25) is 14.7 Å². The van der Waals surface area contributed by atoms with Crippen LogP contribution in [-0.4, -0.2) is 41.9 Å².